The maximum absolute atomic E-state index is 11.3. The molecule has 160 valence electrons. The van der Waals surface area contributed by atoms with E-state index in [1.807, 2.05) is 44.2 Å². The number of hydrogen-bond acceptors (Lipinski definition) is 4. The Labute approximate surface area is 192 Å². The van der Waals surface area contributed by atoms with Crippen molar-refractivity contribution < 1.29 is 9.90 Å². The van der Waals surface area contributed by atoms with Crippen molar-refractivity contribution in [3.05, 3.63) is 86.9 Å². The number of azo groups is 1. The molecular formula is C24H23Cl2N3O2. The normalized spacial score (nSPS) is 11.1. The fraction of sp³-hybridized carbons (Fsp3) is 0.208. The van der Waals surface area contributed by atoms with Gasteiger partial charge in [0.15, 0.2) is 0 Å². The van der Waals surface area contributed by atoms with Crippen LogP contribution in [-0.2, 0) is 6.54 Å². The smallest absolute Gasteiger partial charge is 0.335 e. The molecular weight excluding hydrogens is 433 g/mol. The zero-order valence-corrected chi connectivity index (χ0v) is 19.1. The first kappa shape index (κ1) is 22.8. The lowest BCUT2D eigenvalue weighted by atomic mass is 10.1. The van der Waals surface area contributed by atoms with Crippen LogP contribution in [0.25, 0.3) is 0 Å². The lowest BCUT2D eigenvalue weighted by Crippen LogP contribution is -2.22. The molecule has 0 aliphatic carbocycles. The lowest BCUT2D eigenvalue weighted by molar-refractivity contribution is 0.0696. The number of carbonyl (C=O) groups is 1. The van der Waals surface area contributed by atoms with E-state index in [1.54, 1.807) is 24.3 Å². The van der Waals surface area contributed by atoms with Crippen molar-refractivity contribution in [2.24, 2.45) is 10.2 Å². The van der Waals surface area contributed by atoms with Crippen molar-refractivity contribution in [2.75, 3.05) is 11.4 Å². The topological polar surface area (TPSA) is 65.3 Å². The fourth-order valence-corrected chi connectivity index (χ4v) is 3.98. The number of halogens is 2. The predicted molar refractivity (Wildman–Crippen MR) is 127 cm³/mol. The molecule has 0 saturated heterocycles. The Morgan fingerprint density at radius 1 is 0.935 bits per heavy atom. The van der Waals surface area contributed by atoms with Crippen molar-refractivity contribution in [1.29, 1.82) is 0 Å². The summed E-state index contributed by atoms with van der Waals surface area (Å²) < 4.78 is 0. The van der Waals surface area contributed by atoms with Crippen molar-refractivity contribution >= 4 is 46.2 Å². The van der Waals surface area contributed by atoms with Gasteiger partial charge in [-0.3, -0.25) is 0 Å². The van der Waals surface area contributed by atoms with E-state index in [4.69, 9.17) is 23.2 Å². The quantitative estimate of drug-likeness (QED) is 0.370. The van der Waals surface area contributed by atoms with Crippen molar-refractivity contribution in [1.82, 2.24) is 0 Å². The number of anilines is 1. The Morgan fingerprint density at radius 2 is 1.55 bits per heavy atom. The summed E-state index contributed by atoms with van der Waals surface area (Å²) >= 11 is 12.4. The van der Waals surface area contributed by atoms with E-state index in [0.29, 0.717) is 33.5 Å². The first-order chi connectivity index (χ1) is 14.8. The zero-order valence-electron chi connectivity index (χ0n) is 17.6. The molecule has 0 heterocycles. The second kappa shape index (κ2) is 9.94. The summed E-state index contributed by atoms with van der Waals surface area (Å²) in [5.41, 5.74) is 5.27. The van der Waals surface area contributed by atoms with Gasteiger partial charge in [0.25, 0.3) is 0 Å². The van der Waals surface area contributed by atoms with Gasteiger partial charge in [0, 0.05) is 18.8 Å². The Morgan fingerprint density at radius 3 is 2.13 bits per heavy atom. The van der Waals surface area contributed by atoms with Crippen LogP contribution in [0.2, 0.25) is 10.0 Å². The van der Waals surface area contributed by atoms with Gasteiger partial charge in [-0.2, -0.15) is 5.11 Å². The zero-order chi connectivity index (χ0) is 22.5. The molecule has 0 amide bonds. The number of aromatic carboxylic acids is 1. The van der Waals surface area contributed by atoms with E-state index in [0.717, 1.165) is 28.9 Å². The van der Waals surface area contributed by atoms with Gasteiger partial charge in [0.05, 0.1) is 21.3 Å². The SMILES string of the molecule is CCN(Cc1cc(C)cc(C(=O)O)c1)c1ccc(N=Nc2c(Cl)cc(C)cc2Cl)cc1. The van der Waals surface area contributed by atoms with Crippen LogP contribution in [0.15, 0.2) is 64.8 Å². The Kier molecular flexibility index (Phi) is 7.31. The number of carboxylic acids is 1. The van der Waals surface area contributed by atoms with Crippen LogP contribution in [0, 0.1) is 13.8 Å². The van der Waals surface area contributed by atoms with E-state index in [9.17, 15) is 9.90 Å². The third-order valence-electron chi connectivity index (χ3n) is 4.78. The number of hydrogen-bond donors (Lipinski definition) is 1. The summed E-state index contributed by atoms with van der Waals surface area (Å²) in [6, 6.07) is 16.7. The highest BCUT2D eigenvalue weighted by molar-refractivity contribution is 6.38. The highest BCUT2D eigenvalue weighted by atomic mass is 35.5. The third kappa shape index (κ3) is 5.84. The van der Waals surface area contributed by atoms with E-state index in [-0.39, 0.29) is 0 Å². The molecule has 0 radical (unpaired) electrons. The molecule has 3 aromatic rings. The van der Waals surface area contributed by atoms with Crippen molar-refractivity contribution in [3.63, 3.8) is 0 Å². The molecule has 0 saturated carbocycles. The number of aryl methyl sites for hydroxylation is 2. The Balaban J connectivity index is 1.78. The van der Waals surface area contributed by atoms with Gasteiger partial charge in [-0.15, -0.1) is 5.11 Å². The van der Waals surface area contributed by atoms with Crippen LogP contribution in [0.3, 0.4) is 0 Å². The number of carboxylic acid groups (broad SMARTS) is 1. The molecule has 3 rings (SSSR count). The summed E-state index contributed by atoms with van der Waals surface area (Å²) in [4.78, 5) is 13.5. The molecule has 0 spiro atoms. The minimum atomic E-state index is -0.920. The van der Waals surface area contributed by atoms with Gasteiger partial charge >= 0.3 is 5.97 Å². The number of rotatable bonds is 7. The summed E-state index contributed by atoms with van der Waals surface area (Å²) in [7, 11) is 0. The molecule has 0 bridgehead atoms. The monoisotopic (exact) mass is 455 g/mol. The summed E-state index contributed by atoms with van der Waals surface area (Å²) in [5, 5.41) is 18.7. The molecule has 0 aliphatic rings. The summed E-state index contributed by atoms with van der Waals surface area (Å²) in [5.74, 6) is -0.920. The van der Waals surface area contributed by atoms with E-state index in [1.165, 1.54) is 0 Å². The second-order valence-corrected chi connectivity index (χ2v) is 8.13. The van der Waals surface area contributed by atoms with Gasteiger partial charge in [-0.1, -0.05) is 29.3 Å². The molecule has 0 atom stereocenters. The summed E-state index contributed by atoms with van der Waals surface area (Å²) in [6.45, 7) is 7.25. The minimum absolute atomic E-state index is 0.301. The van der Waals surface area contributed by atoms with Crippen LogP contribution in [0.1, 0.15) is 34.0 Å². The van der Waals surface area contributed by atoms with Crippen molar-refractivity contribution in [3.8, 4) is 0 Å². The molecule has 1 N–H and O–H groups in total. The second-order valence-electron chi connectivity index (χ2n) is 7.32. The first-order valence-corrected chi connectivity index (χ1v) is 10.6. The van der Waals surface area contributed by atoms with Crippen LogP contribution in [0.4, 0.5) is 17.1 Å². The molecule has 0 fully saturated rings. The number of nitrogens with zero attached hydrogens (tertiary/aromatic N) is 3. The largest absolute Gasteiger partial charge is 0.478 e. The molecule has 7 heteroatoms. The Hall–Kier alpha value is -2.89. The average molecular weight is 456 g/mol. The lowest BCUT2D eigenvalue weighted by Gasteiger charge is -2.23. The maximum Gasteiger partial charge on any atom is 0.335 e. The molecule has 0 unspecified atom stereocenters. The molecule has 5 nitrogen and oxygen atoms in total. The van der Waals surface area contributed by atoms with Crippen molar-refractivity contribution in [2.45, 2.75) is 27.3 Å². The standard InChI is InChI=1S/C24H23Cl2N3O2/c1-4-29(14-17-9-15(2)10-18(13-17)24(30)31)20-7-5-19(6-8-20)27-28-23-21(25)11-16(3)12-22(23)26/h5-13H,4,14H2,1-3H3,(H,30,31). The third-order valence-corrected chi connectivity index (χ3v) is 5.36. The van der Waals surface area contributed by atoms with Gasteiger partial charge in [0.1, 0.15) is 5.69 Å². The van der Waals surface area contributed by atoms with Gasteiger partial charge < -0.3 is 10.0 Å². The van der Waals surface area contributed by atoms with Gasteiger partial charge in [-0.05, 0) is 86.0 Å². The van der Waals surface area contributed by atoms with Gasteiger partial charge in [-0.25, -0.2) is 4.79 Å². The highest BCUT2D eigenvalue weighted by Crippen LogP contribution is 2.35. The fourth-order valence-electron chi connectivity index (χ4n) is 3.31. The maximum atomic E-state index is 11.3. The molecule has 0 aliphatic heterocycles. The summed E-state index contributed by atoms with van der Waals surface area (Å²) in [6.07, 6.45) is 0. The van der Waals surface area contributed by atoms with E-state index in [2.05, 4.69) is 22.1 Å². The van der Waals surface area contributed by atoms with Crippen LogP contribution >= 0.6 is 23.2 Å². The molecule has 0 aromatic heterocycles. The van der Waals surface area contributed by atoms with Crippen LogP contribution in [0.5, 0.6) is 0 Å². The molecule has 3 aromatic carbocycles. The van der Waals surface area contributed by atoms with Crippen LogP contribution in [-0.4, -0.2) is 17.6 Å². The highest BCUT2D eigenvalue weighted by Gasteiger charge is 2.10. The Bertz CT molecular complexity index is 1110. The molecule has 31 heavy (non-hydrogen) atoms. The van der Waals surface area contributed by atoms with Gasteiger partial charge in [0.2, 0.25) is 0 Å². The van der Waals surface area contributed by atoms with Crippen LogP contribution < -0.4 is 4.90 Å². The van der Waals surface area contributed by atoms with E-state index >= 15 is 0 Å². The first-order valence-electron chi connectivity index (χ1n) is 9.83. The predicted octanol–water partition coefficient (Wildman–Crippen LogP) is 7.75. The average Bonchev–Trinajstić information content (AvgIpc) is 2.71. The van der Waals surface area contributed by atoms with E-state index < -0.39 is 5.97 Å². The minimum Gasteiger partial charge on any atom is -0.478 e. The number of benzene rings is 3.